The topological polar surface area (TPSA) is 25.8 Å². The molecule has 0 saturated carbocycles. The minimum atomic E-state index is 0. The molecular weight excluding hydrogens is 308 g/mol. The van der Waals surface area contributed by atoms with Gasteiger partial charge in [0.05, 0.1) is 11.4 Å². The Kier molecular flexibility index (Phi) is 5.35. The molecule has 0 unspecified atom stereocenters. The summed E-state index contributed by atoms with van der Waals surface area (Å²) in [5.41, 5.74) is 4.71. The molecule has 0 fully saturated rings. The third kappa shape index (κ3) is 4.39. The van der Waals surface area contributed by atoms with E-state index in [1.54, 1.807) is 0 Å². The van der Waals surface area contributed by atoms with E-state index < -0.39 is 0 Å². The fourth-order valence-electron chi connectivity index (χ4n) is 2.07. The first-order chi connectivity index (χ1) is 9.18. The SMILES string of the molecule is CC(C)(C)c1ccnc(-c2cc(C(C)(C)C)ccn2)c1.[Cu+]. The number of hydrogen-bond acceptors (Lipinski definition) is 2. The molecule has 2 aromatic rings. The van der Waals surface area contributed by atoms with E-state index in [2.05, 4.69) is 75.8 Å². The van der Waals surface area contributed by atoms with Gasteiger partial charge >= 0.3 is 17.1 Å². The average Bonchev–Trinajstić information content (AvgIpc) is 2.37. The van der Waals surface area contributed by atoms with Gasteiger partial charge in [0.2, 0.25) is 0 Å². The van der Waals surface area contributed by atoms with Gasteiger partial charge in [-0.1, -0.05) is 41.5 Å². The molecule has 0 N–H and O–H groups in total. The number of nitrogens with zero attached hydrogens (tertiary/aromatic N) is 2. The Morgan fingerprint density at radius 2 is 1.00 bits per heavy atom. The van der Waals surface area contributed by atoms with Gasteiger partial charge in [-0.05, 0) is 46.2 Å². The fourth-order valence-corrected chi connectivity index (χ4v) is 2.07. The number of hydrogen-bond donors (Lipinski definition) is 0. The van der Waals surface area contributed by atoms with E-state index in [4.69, 9.17) is 0 Å². The van der Waals surface area contributed by atoms with Gasteiger partial charge in [-0.3, -0.25) is 9.97 Å². The van der Waals surface area contributed by atoms with Crippen LogP contribution in [0.2, 0.25) is 0 Å². The smallest absolute Gasteiger partial charge is 0.255 e. The van der Waals surface area contributed by atoms with Crippen LogP contribution in [-0.4, -0.2) is 9.97 Å². The molecule has 2 heterocycles. The molecule has 2 nitrogen and oxygen atoms in total. The Bertz CT molecular complexity index is 552. The maximum atomic E-state index is 4.48. The Balaban J connectivity index is 0.00000220. The molecule has 0 aliphatic rings. The van der Waals surface area contributed by atoms with Crippen molar-refractivity contribution in [2.24, 2.45) is 0 Å². The Hall–Kier alpha value is -1.18. The normalized spacial score (nSPS) is 11.9. The van der Waals surface area contributed by atoms with Crippen molar-refractivity contribution >= 4 is 0 Å². The number of pyridine rings is 2. The predicted molar refractivity (Wildman–Crippen MR) is 84.9 cm³/mol. The van der Waals surface area contributed by atoms with Gasteiger partial charge < -0.3 is 0 Å². The van der Waals surface area contributed by atoms with Crippen LogP contribution in [0.1, 0.15) is 52.7 Å². The van der Waals surface area contributed by atoms with Crippen molar-refractivity contribution in [1.29, 1.82) is 0 Å². The minimum Gasteiger partial charge on any atom is -0.255 e. The van der Waals surface area contributed by atoms with E-state index in [0.29, 0.717) is 0 Å². The van der Waals surface area contributed by atoms with E-state index in [1.807, 2.05) is 12.4 Å². The average molecular weight is 332 g/mol. The largest absolute Gasteiger partial charge is 1.00 e. The molecule has 3 heteroatoms. The molecule has 0 atom stereocenters. The van der Waals surface area contributed by atoms with E-state index in [9.17, 15) is 0 Å². The van der Waals surface area contributed by atoms with Gasteiger partial charge in [-0.2, -0.15) is 0 Å². The quantitative estimate of drug-likeness (QED) is 0.705. The number of aromatic nitrogens is 2. The second-order valence-electron chi connectivity index (χ2n) is 7.36. The van der Waals surface area contributed by atoms with Crippen molar-refractivity contribution in [3.05, 3.63) is 47.8 Å². The van der Waals surface area contributed by atoms with Gasteiger partial charge in [0.15, 0.2) is 0 Å². The van der Waals surface area contributed by atoms with E-state index in [-0.39, 0.29) is 27.9 Å². The summed E-state index contributed by atoms with van der Waals surface area (Å²) in [5, 5.41) is 0. The summed E-state index contributed by atoms with van der Waals surface area (Å²) in [6.45, 7) is 13.3. The zero-order chi connectivity index (χ0) is 15.0. The van der Waals surface area contributed by atoms with Crippen LogP contribution in [0.5, 0.6) is 0 Å². The Morgan fingerprint density at radius 1 is 0.667 bits per heavy atom. The first kappa shape index (κ1) is 17.9. The van der Waals surface area contributed by atoms with Gasteiger partial charge in [0.1, 0.15) is 0 Å². The molecule has 0 amide bonds. The standard InChI is InChI=1S/C18H24N2.Cu/c1-17(2,3)13-7-9-19-15(11-13)16-12-14(8-10-20-16)18(4,5)6;/h7-12H,1-6H3;/q;+1. The third-order valence-corrected chi connectivity index (χ3v) is 3.51. The van der Waals surface area contributed by atoms with Gasteiger partial charge in [0.25, 0.3) is 0 Å². The molecule has 0 aliphatic carbocycles. The van der Waals surface area contributed by atoms with Gasteiger partial charge in [0, 0.05) is 12.4 Å². The van der Waals surface area contributed by atoms with E-state index in [0.717, 1.165) is 11.4 Å². The monoisotopic (exact) mass is 331 g/mol. The molecule has 2 aromatic heterocycles. The zero-order valence-electron chi connectivity index (χ0n) is 13.7. The van der Waals surface area contributed by atoms with Crippen LogP contribution in [0.25, 0.3) is 11.4 Å². The van der Waals surface area contributed by atoms with Crippen molar-refractivity contribution in [2.45, 2.75) is 52.4 Å². The second-order valence-corrected chi connectivity index (χ2v) is 7.36. The van der Waals surface area contributed by atoms with Crippen molar-refractivity contribution in [3.63, 3.8) is 0 Å². The van der Waals surface area contributed by atoms with Crippen LogP contribution in [-0.2, 0) is 27.9 Å². The molecule has 0 bridgehead atoms. The van der Waals surface area contributed by atoms with E-state index >= 15 is 0 Å². The van der Waals surface area contributed by atoms with Crippen LogP contribution in [0.4, 0.5) is 0 Å². The summed E-state index contributed by atoms with van der Waals surface area (Å²) in [6.07, 6.45) is 3.75. The zero-order valence-corrected chi connectivity index (χ0v) is 14.6. The molecule has 2 rings (SSSR count). The Morgan fingerprint density at radius 3 is 1.29 bits per heavy atom. The molecule has 0 spiro atoms. The van der Waals surface area contributed by atoms with Crippen LogP contribution in [0.3, 0.4) is 0 Å². The van der Waals surface area contributed by atoms with Crippen molar-refractivity contribution in [1.82, 2.24) is 9.97 Å². The van der Waals surface area contributed by atoms with Crippen LogP contribution in [0, 0.1) is 0 Å². The Labute approximate surface area is 138 Å². The molecule has 0 saturated heterocycles. The van der Waals surface area contributed by atoms with Crippen molar-refractivity contribution in [2.75, 3.05) is 0 Å². The first-order valence-corrected chi connectivity index (χ1v) is 7.11. The van der Waals surface area contributed by atoms with Crippen LogP contribution < -0.4 is 0 Å². The second kappa shape index (κ2) is 6.29. The molecular formula is C18H24CuN2+. The summed E-state index contributed by atoms with van der Waals surface area (Å²) in [4.78, 5) is 8.97. The van der Waals surface area contributed by atoms with Gasteiger partial charge in [-0.15, -0.1) is 0 Å². The minimum absolute atomic E-state index is 0. The molecule has 116 valence electrons. The molecule has 21 heavy (non-hydrogen) atoms. The maximum absolute atomic E-state index is 4.48. The summed E-state index contributed by atoms with van der Waals surface area (Å²) in [6, 6.07) is 8.46. The van der Waals surface area contributed by atoms with Gasteiger partial charge in [-0.25, -0.2) is 0 Å². The van der Waals surface area contributed by atoms with E-state index in [1.165, 1.54) is 11.1 Å². The molecule has 0 aliphatic heterocycles. The van der Waals surface area contributed by atoms with Crippen molar-refractivity contribution < 1.29 is 17.1 Å². The summed E-state index contributed by atoms with van der Waals surface area (Å²) >= 11 is 0. The maximum Gasteiger partial charge on any atom is 1.00 e. The fraction of sp³-hybridized carbons (Fsp3) is 0.444. The number of rotatable bonds is 1. The summed E-state index contributed by atoms with van der Waals surface area (Å²) < 4.78 is 0. The third-order valence-electron chi connectivity index (χ3n) is 3.51. The van der Waals surface area contributed by atoms with Crippen LogP contribution >= 0.6 is 0 Å². The summed E-state index contributed by atoms with van der Waals surface area (Å²) in [5.74, 6) is 0. The predicted octanol–water partition coefficient (Wildman–Crippen LogP) is 4.74. The molecule has 0 aromatic carbocycles. The van der Waals surface area contributed by atoms with Crippen molar-refractivity contribution in [3.8, 4) is 11.4 Å². The summed E-state index contributed by atoms with van der Waals surface area (Å²) in [7, 11) is 0. The molecule has 0 radical (unpaired) electrons. The first-order valence-electron chi connectivity index (χ1n) is 7.11. The van der Waals surface area contributed by atoms with Crippen LogP contribution in [0.15, 0.2) is 36.7 Å².